The third-order valence-electron chi connectivity index (χ3n) is 4.90. The van der Waals surface area contributed by atoms with E-state index in [1.165, 1.54) is 0 Å². The fraction of sp³-hybridized carbons (Fsp3) is 0.556. The van der Waals surface area contributed by atoms with Crippen molar-refractivity contribution in [3.8, 4) is 0 Å². The maximum Gasteiger partial charge on any atom is 0.309 e. The summed E-state index contributed by atoms with van der Waals surface area (Å²) in [7, 11) is 0. The van der Waals surface area contributed by atoms with E-state index >= 15 is 0 Å². The lowest BCUT2D eigenvalue weighted by Crippen LogP contribution is -2.44. The molecule has 0 heterocycles. The number of benzene rings is 1. The minimum Gasteiger partial charge on any atom is -0.481 e. The van der Waals surface area contributed by atoms with Gasteiger partial charge in [0.1, 0.15) is 0 Å². The minimum atomic E-state index is -0.847. The molecular weight excluding hydrogens is 314 g/mol. The molecule has 4 nitrogen and oxygen atoms in total. The van der Waals surface area contributed by atoms with Gasteiger partial charge in [0.25, 0.3) is 0 Å². The van der Waals surface area contributed by atoms with Crippen LogP contribution in [0, 0.1) is 5.41 Å². The average Bonchev–Trinajstić information content (AvgIpc) is 2.98. The Morgan fingerprint density at radius 3 is 2.30 bits per heavy atom. The molecule has 1 aliphatic rings. The highest BCUT2D eigenvalue weighted by Crippen LogP contribution is 2.41. The fourth-order valence-corrected chi connectivity index (χ4v) is 3.28. The number of carboxylic acids is 1. The molecule has 1 amide bonds. The Labute approximate surface area is 142 Å². The number of aliphatic carboxylic acids is 1. The van der Waals surface area contributed by atoms with Gasteiger partial charge in [0, 0.05) is 11.6 Å². The van der Waals surface area contributed by atoms with Crippen LogP contribution in [0.15, 0.2) is 24.3 Å². The summed E-state index contributed by atoms with van der Waals surface area (Å²) in [5, 5.41) is 12.8. The largest absolute Gasteiger partial charge is 0.481 e. The van der Waals surface area contributed by atoms with Gasteiger partial charge in [-0.05, 0) is 50.8 Å². The molecular formula is C18H24ClNO3. The van der Waals surface area contributed by atoms with Gasteiger partial charge in [0.2, 0.25) is 5.91 Å². The number of hydrogen-bond donors (Lipinski definition) is 2. The van der Waals surface area contributed by atoms with Crippen molar-refractivity contribution in [3.63, 3.8) is 0 Å². The summed E-state index contributed by atoms with van der Waals surface area (Å²) in [5.74, 6) is -0.849. The van der Waals surface area contributed by atoms with E-state index in [2.05, 4.69) is 5.32 Å². The van der Waals surface area contributed by atoms with Crippen LogP contribution in [0.1, 0.15) is 51.5 Å². The van der Waals surface area contributed by atoms with Crippen LogP contribution < -0.4 is 5.32 Å². The number of nitrogens with one attached hydrogen (secondary N) is 1. The SMILES string of the molecule is CC(C)(CCNC(=O)C1(c2ccc(Cl)cc2)CCCC1)C(=O)O. The second-order valence-electron chi connectivity index (χ2n) is 6.99. The molecule has 0 spiro atoms. The van der Waals surface area contributed by atoms with Gasteiger partial charge >= 0.3 is 5.97 Å². The maximum absolute atomic E-state index is 12.8. The predicted molar refractivity (Wildman–Crippen MR) is 90.6 cm³/mol. The van der Waals surface area contributed by atoms with Crippen molar-refractivity contribution >= 4 is 23.5 Å². The minimum absolute atomic E-state index is 0.00138. The zero-order valence-electron chi connectivity index (χ0n) is 13.7. The van der Waals surface area contributed by atoms with Crippen LogP contribution in [-0.4, -0.2) is 23.5 Å². The molecule has 1 aromatic rings. The standard InChI is InChI=1S/C18H24ClNO3/c1-17(2,16(22)23)11-12-20-15(21)18(9-3-4-10-18)13-5-7-14(19)8-6-13/h5-8H,3-4,9-12H2,1-2H3,(H,20,21)(H,22,23). The summed E-state index contributed by atoms with van der Waals surface area (Å²) in [6.45, 7) is 3.71. The quantitative estimate of drug-likeness (QED) is 0.830. The van der Waals surface area contributed by atoms with Crippen molar-refractivity contribution < 1.29 is 14.7 Å². The second-order valence-corrected chi connectivity index (χ2v) is 7.43. The fourth-order valence-electron chi connectivity index (χ4n) is 3.16. The smallest absolute Gasteiger partial charge is 0.309 e. The monoisotopic (exact) mass is 337 g/mol. The van der Waals surface area contributed by atoms with Gasteiger partial charge in [-0.1, -0.05) is 36.6 Å². The topological polar surface area (TPSA) is 66.4 Å². The van der Waals surface area contributed by atoms with Crippen molar-refractivity contribution in [1.29, 1.82) is 0 Å². The Morgan fingerprint density at radius 1 is 1.22 bits per heavy atom. The second kappa shape index (κ2) is 6.91. The number of carbonyl (C=O) groups excluding carboxylic acids is 1. The number of amides is 1. The summed E-state index contributed by atoms with van der Waals surface area (Å²) >= 11 is 5.95. The zero-order chi connectivity index (χ0) is 17.1. The summed E-state index contributed by atoms with van der Waals surface area (Å²) in [6.07, 6.45) is 4.10. The van der Waals surface area contributed by atoms with Crippen LogP contribution in [0.25, 0.3) is 0 Å². The normalized spacial score (nSPS) is 17.0. The summed E-state index contributed by atoms with van der Waals surface area (Å²) in [5.41, 5.74) is -0.344. The van der Waals surface area contributed by atoms with E-state index in [-0.39, 0.29) is 5.91 Å². The number of carbonyl (C=O) groups is 2. The van der Waals surface area contributed by atoms with E-state index in [0.717, 1.165) is 31.2 Å². The van der Waals surface area contributed by atoms with E-state index in [1.54, 1.807) is 13.8 Å². The first-order valence-electron chi connectivity index (χ1n) is 8.06. The zero-order valence-corrected chi connectivity index (χ0v) is 14.4. The third-order valence-corrected chi connectivity index (χ3v) is 5.16. The summed E-state index contributed by atoms with van der Waals surface area (Å²) in [6, 6.07) is 7.48. The highest BCUT2D eigenvalue weighted by Gasteiger charge is 2.42. The number of carboxylic acid groups (broad SMARTS) is 1. The molecule has 2 rings (SSSR count). The predicted octanol–water partition coefficient (Wildman–Crippen LogP) is 3.77. The molecule has 23 heavy (non-hydrogen) atoms. The van der Waals surface area contributed by atoms with Gasteiger partial charge in [-0.3, -0.25) is 9.59 Å². The lowest BCUT2D eigenvalue weighted by atomic mass is 9.78. The molecule has 0 aliphatic heterocycles. The molecule has 1 fully saturated rings. The molecule has 1 aromatic carbocycles. The maximum atomic E-state index is 12.8. The molecule has 0 saturated heterocycles. The van der Waals surface area contributed by atoms with Crippen molar-refractivity contribution in [2.24, 2.45) is 5.41 Å². The number of rotatable bonds is 6. The molecule has 0 aromatic heterocycles. The van der Waals surface area contributed by atoms with E-state index < -0.39 is 16.8 Å². The van der Waals surface area contributed by atoms with Crippen LogP contribution in [0.3, 0.4) is 0 Å². The van der Waals surface area contributed by atoms with Crippen LogP contribution in [0.5, 0.6) is 0 Å². The van der Waals surface area contributed by atoms with Crippen LogP contribution in [-0.2, 0) is 15.0 Å². The Morgan fingerprint density at radius 2 is 1.78 bits per heavy atom. The molecule has 0 unspecified atom stereocenters. The Balaban J connectivity index is 2.08. The Bertz CT molecular complexity index is 574. The molecule has 5 heteroatoms. The van der Waals surface area contributed by atoms with Gasteiger partial charge < -0.3 is 10.4 Å². The van der Waals surface area contributed by atoms with Gasteiger partial charge in [-0.2, -0.15) is 0 Å². The first kappa shape index (κ1) is 17.8. The molecule has 0 radical (unpaired) electrons. The molecule has 126 valence electrons. The molecule has 1 saturated carbocycles. The number of halogens is 1. The first-order valence-corrected chi connectivity index (χ1v) is 8.43. The first-order chi connectivity index (χ1) is 10.8. The van der Waals surface area contributed by atoms with Gasteiger partial charge in [-0.25, -0.2) is 0 Å². The van der Waals surface area contributed by atoms with E-state index in [9.17, 15) is 9.59 Å². The van der Waals surface area contributed by atoms with E-state index in [0.29, 0.717) is 18.0 Å². The van der Waals surface area contributed by atoms with Crippen LogP contribution >= 0.6 is 11.6 Å². The van der Waals surface area contributed by atoms with E-state index in [1.807, 2.05) is 24.3 Å². The highest BCUT2D eigenvalue weighted by atomic mass is 35.5. The van der Waals surface area contributed by atoms with Gasteiger partial charge in [0.05, 0.1) is 10.8 Å². The van der Waals surface area contributed by atoms with Gasteiger partial charge in [0.15, 0.2) is 0 Å². The van der Waals surface area contributed by atoms with Crippen molar-refractivity contribution in [3.05, 3.63) is 34.9 Å². The number of hydrogen-bond acceptors (Lipinski definition) is 2. The van der Waals surface area contributed by atoms with E-state index in [4.69, 9.17) is 16.7 Å². The van der Waals surface area contributed by atoms with Crippen molar-refractivity contribution in [2.75, 3.05) is 6.54 Å². The molecule has 0 atom stereocenters. The summed E-state index contributed by atoms with van der Waals surface area (Å²) < 4.78 is 0. The summed E-state index contributed by atoms with van der Waals surface area (Å²) in [4.78, 5) is 24.0. The molecule has 0 bridgehead atoms. The Hall–Kier alpha value is -1.55. The molecule has 1 aliphatic carbocycles. The van der Waals surface area contributed by atoms with Crippen molar-refractivity contribution in [1.82, 2.24) is 5.32 Å². The van der Waals surface area contributed by atoms with Gasteiger partial charge in [-0.15, -0.1) is 0 Å². The Kier molecular flexibility index (Phi) is 5.35. The van der Waals surface area contributed by atoms with Crippen LogP contribution in [0.2, 0.25) is 5.02 Å². The van der Waals surface area contributed by atoms with Crippen molar-refractivity contribution in [2.45, 2.75) is 51.4 Å². The lowest BCUT2D eigenvalue weighted by molar-refractivity contribution is -0.147. The average molecular weight is 338 g/mol. The highest BCUT2D eigenvalue weighted by molar-refractivity contribution is 6.30. The third kappa shape index (κ3) is 3.86. The molecule has 2 N–H and O–H groups in total. The van der Waals surface area contributed by atoms with Crippen LogP contribution in [0.4, 0.5) is 0 Å². The lowest BCUT2D eigenvalue weighted by Gasteiger charge is -2.29.